The summed E-state index contributed by atoms with van der Waals surface area (Å²) in [6, 6.07) is 7.89. The highest BCUT2D eigenvalue weighted by Gasteiger charge is 2.30. The molecule has 0 unspecified atom stereocenters. The number of anilines is 1. The maximum absolute atomic E-state index is 12.8. The number of benzene rings is 1. The maximum Gasteiger partial charge on any atom is 0.263 e. The Morgan fingerprint density at radius 1 is 1.28 bits per heavy atom. The third-order valence-corrected chi connectivity index (χ3v) is 5.73. The molecule has 1 atom stereocenters. The Morgan fingerprint density at radius 3 is 2.62 bits per heavy atom. The smallest absolute Gasteiger partial charge is 0.263 e. The zero-order valence-electron chi connectivity index (χ0n) is 17.3. The van der Waals surface area contributed by atoms with Crippen LogP contribution in [-0.4, -0.2) is 46.1 Å². The van der Waals surface area contributed by atoms with Gasteiger partial charge in [0.25, 0.3) is 5.91 Å². The number of carbonyl (C=O) groups is 2. The zero-order valence-corrected chi connectivity index (χ0v) is 18.2. The van der Waals surface area contributed by atoms with Crippen molar-refractivity contribution in [1.29, 1.82) is 0 Å². The SMILES string of the molecule is C[C@@H](Oc1cccc(C(C)(C)C)c1)C(=O)N1CCC(C(=O)Nc2nncs2)CC1. The van der Waals surface area contributed by atoms with Gasteiger partial charge in [0.2, 0.25) is 11.0 Å². The number of piperidine rings is 1. The fourth-order valence-electron chi connectivity index (χ4n) is 3.34. The van der Waals surface area contributed by atoms with Crippen LogP contribution in [-0.2, 0) is 15.0 Å². The first-order valence-electron chi connectivity index (χ1n) is 9.87. The van der Waals surface area contributed by atoms with Crippen molar-refractivity contribution in [3.8, 4) is 5.75 Å². The third-order valence-electron chi connectivity index (χ3n) is 5.13. The van der Waals surface area contributed by atoms with Gasteiger partial charge in [0.1, 0.15) is 11.3 Å². The molecule has 1 aromatic heterocycles. The summed E-state index contributed by atoms with van der Waals surface area (Å²) in [5, 5.41) is 10.8. The van der Waals surface area contributed by atoms with Crippen LogP contribution >= 0.6 is 11.3 Å². The Kier molecular flexibility index (Phi) is 6.52. The van der Waals surface area contributed by atoms with Crippen molar-refractivity contribution in [2.24, 2.45) is 5.92 Å². The third kappa shape index (κ3) is 5.53. The predicted molar refractivity (Wildman–Crippen MR) is 113 cm³/mol. The number of ether oxygens (including phenoxy) is 1. The average Bonchev–Trinajstić information content (AvgIpc) is 3.20. The molecule has 0 radical (unpaired) electrons. The second kappa shape index (κ2) is 8.90. The van der Waals surface area contributed by atoms with E-state index in [1.54, 1.807) is 17.3 Å². The molecule has 8 heteroatoms. The Hall–Kier alpha value is -2.48. The first-order valence-corrected chi connectivity index (χ1v) is 10.7. The Bertz CT molecular complexity index is 840. The second-order valence-corrected chi connectivity index (χ2v) is 9.20. The summed E-state index contributed by atoms with van der Waals surface area (Å²) >= 11 is 1.29. The molecule has 0 saturated carbocycles. The van der Waals surface area contributed by atoms with Crippen molar-refractivity contribution in [2.75, 3.05) is 18.4 Å². The van der Waals surface area contributed by atoms with E-state index in [0.29, 0.717) is 36.8 Å². The van der Waals surface area contributed by atoms with Crippen LogP contribution in [0.15, 0.2) is 29.8 Å². The van der Waals surface area contributed by atoms with Crippen LogP contribution in [0.25, 0.3) is 0 Å². The second-order valence-electron chi connectivity index (χ2n) is 8.37. The number of nitrogens with zero attached hydrogens (tertiary/aromatic N) is 3. The molecule has 3 rings (SSSR count). The van der Waals surface area contributed by atoms with Gasteiger partial charge in [0.05, 0.1) is 0 Å². The van der Waals surface area contributed by atoms with Crippen LogP contribution in [0.4, 0.5) is 5.13 Å². The van der Waals surface area contributed by atoms with Crippen molar-refractivity contribution >= 4 is 28.3 Å². The van der Waals surface area contributed by atoms with Crippen LogP contribution < -0.4 is 10.1 Å². The van der Waals surface area contributed by atoms with Gasteiger partial charge in [-0.1, -0.05) is 44.2 Å². The fraction of sp³-hybridized carbons (Fsp3) is 0.524. The summed E-state index contributed by atoms with van der Waals surface area (Å²) in [5.41, 5.74) is 2.76. The van der Waals surface area contributed by atoms with E-state index in [-0.39, 0.29) is 23.1 Å². The lowest BCUT2D eigenvalue weighted by Gasteiger charge is -2.33. The quantitative estimate of drug-likeness (QED) is 0.807. The highest BCUT2D eigenvalue weighted by atomic mass is 32.1. The van der Waals surface area contributed by atoms with E-state index in [1.165, 1.54) is 11.3 Å². The minimum atomic E-state index is -0.572. The van der Waals surface area contributed by atoms with E-state index in [9.17, 15) is 9.59 Å². The first-order chi connectivity index (χ1) is 13.7. The number of aromatic nitrogens is 2. The van der Waals surface area contributed by atoms with E-state index in [1.807, 2.05) is 18.2 Å². The molecule has 2 amide bonds. The summed E-state index contributed by atoms with van der Waals surface area (Å²) in [7, 11) is 0. The normalized spacial score (nSPS) is 16.3. The first kappa shape index (κ1) is 21.2. The molecule has 1 aliphatic heterocycles. The van der Waals surface area contributed by atoms with Gasteiger partial charge in [-0.2, -0.15) is 0 Å². The van der Waals surface area contributed by atoms with E-state index >= 15 is 0 Å². The largest absolute Gasteiger partial charge is 0.481 e. The summed E-state index contributed by atoms with van der Waals surface area (Å²) in [4.78, 5) is 26.9. The van der Waals surface area contributed by atoms with Crippen LogP contribution in [0, 0.1) is 5.92 Å². The molecule has 2 aromatic rings. The van der Waals surface area contributed by atoms with Gasteiger partial charge >= 0.3 is 0 Å². The van der Waals surface area contributed by atoms with Crippen molar-refractivity contribution in [3.05, 3.63) is 35.3 Å². The summed E-state index contributed by atoms with van der Waals surface area (Å²) in [6.45, 7) is 9.30. The van der Waals surface area contributed by atoms with Crippen molar-refractivity contribution in [2.45, 2.75) is 52.1 Å². The van der Waals surface area contributed by atoms with E-state index in [2.05, 4.69) is 42.4 Å². The Labute approximate surface area is 175 Å². The molecule has 29 heavy (non-hydrogen) atoms. The monoisotopic (exact) mass is 416 g/mol. The van der Waals surface area contributed by atoms with Gasteiger partial charge in [-0.25, -0.2) is 0 Å². The number of carbonyl (C=O) groups excluding carboxylic acids is 2. The number of hydrogen-bond donors (Lipinski definition) is 1. The topological polar surface area (TPSA) is 84.4 Å². The molecule has 0 spiro atoms. The van der Waals surface area contributed by atoms with E-state index in [0.717, 1.165) is 5.56 Å². The van der Waals surface area contributed by atoms with Crippen molar-refractivity contribution < 1.29 is 14.3 Å². The van der Waals surface area contributed by atoms with Gasteiger partial charge in [-0.15, -0.1) is 10.2 Å². The number of rotatable bonds is 5. The standard InChI is InChI=1S/C21H28N4O3S/c1-14(28-17-7-5-6-16(12-17)21(2,3)4)19(27)25-10-8-15(9-11-25)18(26)23-20-24-22-13-29-20/h5-7,12-15H,8-11H2,1-4H3,(H,23,24,26)/t14-/m1/s1. The van der Waals surface area contributed by atoms with Crippen LogP contribution in [0.3, 0.4) is 0 Å². The van der Waals surface area contributed by atoms with Gasteiger partial charge in [-0.3, -0.25) is 9.59 Å². The molecule has 7 nitrogen and oxygen atoms in total. The van der Waals surface area contributed by atoms with E-state index < -0.39 is 6.10 Å². The van der Waals surface area contributed by atoms with Crippen LogP contribution in [0.5, 0.6) is 5.75 Å². The zero-order chi connectivity index (χ0) is 21.0. The van der Waals surface area contributed by atoms with Crippen molar-refractivity contribution in [1.82, 2.24) is 15.1 Å². The Balaban J connectivity index is 1.52. The minimum absolute atomic E-state index is 0.0176. The molecule has 1 aromatic carbocycles. The molecule has 0 bridgehead atoms. The number of hydrogen-bond acceptors (Lipinski definition) is 6. The van der Waals surface area contributed by atoms with Gasteiger partial charge in [-0.05, 0) is 42.9 Å². The van der Waals surface area contributed by atoms with Crippen LogP contribution in [0.2, 0.25) is 0 Å². The van der Waals surface area contributed by atoms with Gasteiger partial charge in [0.15, 0.2) is 6.10 Å². The highest BCUT2D eigenvalue weighted by molar-refractivity contribution is 7.13. The molecular weight excluding hydrogens is 388 g/mol. The molecule has 1 saturated heterocycles. The molecule has 1 fully saturated rings. The molecule has 0 aliphatic carbocycles. The van der Waals surface area contributed by atoms with Gasteiger partial charge < -0.3 is 15.0 Å². The molecular formula is C21H28N4O3S. The minimum Gasteiger partial charge on any atom is -0.481 e. The molecule has 1 N–H and O–H groups in total. The number of amides is 2. The fourth-order valence-corrected chi connectivity index (χ4v) is 3.79. The highest BCUT2D eigenvalue weighted by Crippen LogP contribution is 2.27. The lowest BCUT2D eigenvalue weighted by atomic mass is 9.87. The van der Waals surface area contributed by atoms with Crippen molar-refractivity contribution in [3.63, 3.8) is 0 Å². The number of nitrogens with one attached hydrogen (secondary N) is 1. The predicted octanol–water partition coefficient (Wildman–Crippen LogP) is 3.48. The number of likely N-dealkylation sites (tertiary alicyclic amines) is 1. The molecule has 1 aliphatic rings. The van der Waals surface area contributed by atoms with Crippen LogP contribution in [0.1, 0.15) is 46.1 Å². The lowest BCUT2D eigenvalue weighted by molar-refractivity contribution is -0.140. The lowest BCUT2D eigenvalue weighted by Crippen LogP contribution is -2.46. The summed E-state index contributed by atoms with van der Waals surface area (Å²) in [6.07, 6.45) is 0.683. The molecule has 2 heterocycles. The summed E-state index contributed by atoms with van der Waals surface area (Å²) in [5.74, 6) is 0.471. The Morgan fingerprint density at radius 2 is 2.00 bits per heavy atom. The van der Waals surface area contributed by atoms with E-state index in [4.69, 9.17) is 4.74 Å². The summed E-state index contributed by atoms with van der Waals surface area (Å²) < 4.78 is 5.93. The maximum atomic E-state index is 12.8. The average molecular weight is 417 g/mol. The van der Waals surface area contributed by atoms with Gasteiger partial charge in [0, 0.05) is 19.0 Å². The molecule has 156 valence electrons.